The summed E-state index contributed by atoms with van der Waals surface area (Å²) in [7, 11) is 0. The molecule has 1 fully saturated rings. The van der Waals surface area contributed by atoms with E-state index in [9.17, 15) is 4.79 Å². The third kappa shape index (κ3) is 3.46. The highest BCUT2D eigenvalue weighted by Crippen LogP contribution is 2.27. The molecule has 6 heteroatoms. The molecule has 1 amide bonds. The summed E-state index contributed by atoms with van der Waals surface area (Å²) in [5.74, 6) is 0.650. The zero-order valence-corrected chi connectivity index (χ0v) is 16.3. The number of fused-ring (bicyclic) bond motifs is 1. The molecule has 2 aliphatic heterocycles. The summed E-state index contributed by atoms with van der Waals surface area (Å²) < 4.78 is 0. The van der Waals surface area contributed by atoms with Gasteiger partial charge in [0.05, 0.1) is 11.3 Å². The molecule has 1 aromatic carbocycles. The highest BCUT2D eigenvalue weighted by molar-refractivity contribution is 5.99. The molecule has 0 radical (unpaired) electrons. The third-order valence-corrected chi connectivity index (χ3v) is 5.72. The van der Waals surface area contributed by atoms with Crippen LogP contribution in [0, 0.1) is 0 Å². The van der Waals surface area contributed by atoms with Crippen molar-refractivity contribution >= 4 is 11.9 Å². The number of nitrogens with zero attached hydrogens (tertiary/aromatic N) is 5. The van der Waals surface area contributed by atoms with E-state index in [4.69, 9.17) is 4.98 Å². The molecule has 3 aromatic rings. The first-order valence-electron chi connectivity index (χ1n) is 10.2. The van der Waals surface area contributed by atoms with Gasteiger partial charge in [0, 0.05) is 38.6 Å². The number of amides is 1. The van der Waals surface area contributed by atoms with Gasteiger partial charge in [-0.3, -0.25) is 9.78 Å². The first kappa shape index (κ1) is 17.8. The van der Waals surface area contributed by atoms with Gasteiger partial charge >= 0.3 is 0 Å². The summed E-state index contributed by atoms with van der Waals surface area (Å²) in [5.41, 5.74) is 4.37. The van der Waals surface area contributed by atoms with Crippen molar-refractivity contribution in [3.8, 4) is 11.4 Å². The number of hydrogen-bond donors (Lipinski definition) is 0. The van der Waals surface area contributed by atoms with Crippen LogP contribution in [-0.4, -0.2) is 45.4 Å². The Labute approximate surface area is 170 Å². The van der Waals surface area contributed by atoms with E-state index >= 15 is 0 Å². The zero-order chi connectivity index (χ0) is 19.6. The standard InChI is InChI=1S/C23H23N5O/c29-22(28-14-10-17-7-1-2-8-18(17)16-28)19-15-25-23(27-12-5-6-13-27)26-21(19)20-9-3-4-11-24-20/h1-4,7-9,11,15H,5-6,10,12-14,16H2. The zero-order valence-electron chi connectivity index (χ0n) is 16.3. The van der Waals surface area contributed by atoms with E-state index in [0.717, 1.165) is 32.4 Å². The van der Waals surface area contributed by atoms with Crippen molar-refractivity contribution in [3.05, 3.63) is 71.5 Å². The van der Waals surface area contributed by atoms with Gasteiger partial charge in [-0.2, -0.15) is 0 Å². The van der Waals surface area contributed by atoms with Crippen LogP contribution < -0.4 is 4.90 Å². The Kier molecular flexibility index (Phi) is 4.68. The predicted molar refractivity (Wildman–Crippen MR) is 112 cm³/mol. The average molecular weight is 385 g/mol. The molecule has 2 aliphatic rings. The molecule has 2 aromatic heterocycles. The molecule has 4 heterocycles. The lowest BCUT2D eigenvalue weighted by atomic mass is 9.99. The van der Waals surface area contributed by atoms with Crippen LogP contribution in [0.15, 0.2) is 54.9 Å². The Hall–Kier alpha value is -3.28. The van der Waals surface area contributed by atoms with Gasteiger partial charge < -0.3 is 9.80 Å². The maximum atomic E-state index is 13.4. The fourth-order valence-corrected chi connectivity index (χ4v) is 4.14. The Morgan fingerprint density at radius 1 is 0.897 bits per heavy atom. The van der Waals surface area contributed by atoms with E-state index in [2.05, 4.69) is 33.1 Å². The van der Waals surface area contributed by atoms with Crippen molar-refractivity contribution < 1.29 is 4.79 Å². The molecule has 29 heavy (non-hydrogen) atoms. The van der Waals surface area contributed by atoms with Crippen LogP contribution in [0.25, 0.3) is 11.4 Å². The fourth-order valence-electron chi connectivity index (χ4n) is 4.14. The van der Waals surface area contributed by atoms with Crippen LogP contribution in [-0.2, 0) is 13.0 Å². The van der Waals surface area contributed by atoms with Gasteiger partial charge in [0.2, 0.25) is 5.95 Å². The van der Waals surface area contributed by atoms with Crippen LogP contribution in [0.5, 0.6) is 0 Å². The fraction of sp³-hybridized carbons (Fsp3) is 0.304. The maximum absolute atomic E-state index is 13.4. The quantitative estimate of drug-likeness (QED) is 0.692. The van der Waals surface area contributed by atoms with Crippen molar-refractivity contribution in [1.82, 2.24) is 19.9 Å². The lowest BCUT2D eigenvalue weighted by molar-refractivity contribution is 0.0734. The number of pyridine rings is 1. The molecule has 0 aliphatic carbocycles. The summed E-state index contributed by atoms with van der Waals surface area (Å²) in [6.45, 7) is 3.23. The van der Waals surface area contributed by atoms with Crippen molar-refractivity contribution in [1.29, 1.82) is 0 Å². The molecule has 1 saturated heterocycles. The molecule has 5 rings (SSSR count). The van der Waals surface area contributed by atoms with E-state index in [0.29, 0.717) is 36.0 Å². The number of carbonyl (C=O) groups excluding carboxylic acids is 1. The second kappa shape index (κ2) is 7.62. The van der Waals surface area contributed by atoms with E-state index < -0.39 is 0 Å². The number of aromatic nitrogens is 3. The lowest BCUT2D eigenvalue weighted by Crippen LogP contribution is -2.36. The number of carbonyl (C=O) groups is 1. The first-order valence-corrected chi connectivity index (χ1v) is 10.2. The molecular formula is C23H23N5O. The Balaban J connectivity index is 1.51. The maximum Gasteiger partial charge on any atom is 0.258 e. The topological polar surface area (TPSA) is 62.2 Å². The average Bonchev–Trinajstić information content (AvgIpc) is 3.33. The number of rotatable bonds is 3. The monoisotopic (exact) mass is 385 g/mol. The van der Waals surface area contributed by atoms with Crippen molar-refractivity contribution in [3.63, 3.8) is 0 Å². The minimum absolute atomic E-state index is 0.0341. The van der Waals surface area contributed by atoms with Gasteiger partial charge in [0.25, 0.3) is 5.91 Å². The van der Waals surface area contributed by atoms with Gasteiger partial charge in [0.1, 0.15) is 5.69 Å². The van der Waals surface area contributed by atoms with Crippen molar-refractivity contribution in [2.45, 2.75) is 25.8 Å². The minimum atomic E-state index is -0.0341. The van der Waals surface area contributed by atoms with Crippen LogP contribution >= 0.6 is 0 Å². The van der Waals surface area contributed by atoms with Crippen LogP contribution in [0.4, 0.5) is 5.95 Å². The van der Waals surface area contributed by atoms with Crippen molar-refractivity contribution in [2.75, 3.05) is 24.5 Å². The minimum Gasteiger partial charge on any atom is -0.341 e. The van der Waals surface area contributed by atoms with Crippen LogP contribution in [0.2, 0.25) is 0 Å². The predicted octanol–water partition coefficient (Wildman–Crippen LogP) is 3.34. The molecular weight excluding hydrogens is 362 g/mol. The third-order valence-electron chi connectivity index (χ3n) is 5.72. The van der Waals surface area contributed by atoms with E-state index in [1.54, 1.807) is 12.4 Å². The second-order valence-corrected chi connectivity index (χ2v) is 7.59. The Bertz CT molecular complexity index is 1030. The highest BCUT2D eigenvalue weighted by Gasteiger charge is 2.26. The van der Waals surface area contributed by atoms with E-state index in [1.165, 1.54) is 11.1 Å². The van der Waals surface area contributed by atoms with Gasteiger partial charge in [0.15, 0.2) is 0 Å². The summed E-state index contributed by atoms with van der Waals surface area (Å²) in [6.07, 6.45) is 6.59. The number of benzene rings is 1. The number of hydrogen-bond acceptors (Lipinski definition) is 5. The summed E-state index contributed by atoms with van der Waals surface area (Å²) >= 11 is 0. The molecule has 0 bridgehead atoms. The smallest absolute Gasteiger partial charge is 0.258 e. The molecule has 0 atom stereocenters. The lowest BCUT2D eigenvalue weighted by Gasteiger charge is -2.29. The van der Waals surface area contributed by atoms with Gasteiger partial charge in [-0.15, -0.1) is 0 Å². The summed E-state index contributed by atoms with van der Waals surface area (Å²) in [4.78, 5) is 31.3. The Morgan fingerprint density at radius 2 is 1.69 bits per heavy atom. The largest absolute Gasteiger partial charge is 0.341 e. The van der Waals surface area contributed by atoms with Crippen LogP contribution in [0.1, 0.15) is 34.3 Å². The SMILES string of the molecule is O=C(c1cnc(N2CCCC2)nc1-c1ccccn1)N1CCc2ccccc2C1. The molecule has 0 N–H and O–H groups in total. The van der Waals surface area contributed by atoms with Gasteiger partial charge in [-0.25, -0.2) is 9.97 Å². The molecule has 6 nitrogen and oxygen atoms in total. The van der Waals surface area contributed by atoms with Crippen LogP contribution in [0.3, 0.4) is 0 Å². The number of anilines is 1. The molecule has 0 saturated carbocycles. The van der Waals surface area contributed by atoms with E-state index in [-0.39, 0.29) is 5.91 Å². The summed E-state index contributed by atoms with van der Waals surface area (Å²) in [6, 6.07) is 14.0. The van der Waals surface area contributed by atoms with E-state index in [1.807, 2.05) is 29.2 Å². The molecule has 0 unspecified atom stereocenters. The van der Waals surface area contributed by atoms with Gasteiger partial charge in [-0.1, -0.05) is 30.3 Å². The highest BCUT2D eigenvalue weighted by atomic mass is 16.2. The molecule has 146 valence electrons. The molecule has 0 spiro atoms. The first-order chi connectivity index (χ1) is 14.3. The summed E-state index contributed by atoms with van der Waals surface area (Å²) in [5, 5.41) is 0. The van der Waals surface area contributed by atoms with Gasteiger partial charge in [-0.05, 0) is 42.5 Å². The van der Waals surface area contributed by atoms with Crippen molar-refractivity contribution in [2.24, 2.45) is 0 Å². The Morgan fingerprint density at radius 3 is 2.48 bits per heavy atom. The normalized spacial score (nSPS) is 16.0. The second-order valence-electron chi connectivity index (χ2n) is 7.59.